The lowest BCUT2D eigenvalue weighted by atomic mass is 10.2. The van der Waals surface area contributed by atoms with Crippen LogP contribution in [0.3, 0.4) is 0 Å². The van der Waals surface area contributed by atoms with Gasteiger partial charge in [-0.3, -0.25) is 4.79 Å². The molecule has 5 heteroatoms. The van der Waals surface area contributed by atoms with Crippen molar-refractivity contribution >= 4 is 17.2 Å². The lowest BCUT2D eigenvalue weighted by molar-refractivity contribution is -0.122. The molecular formula is C13H19N3OS. The van der Waals surface area contributed by atoms with E-state index in [1.807, 2.05) is 25.5 Å². The highest BCUT2D eigenvalue weighted by molar-refractivity contribution is 7.10. The van der Waals surface area contributed by atoms with Gasteiger partial charge in [0.1, 0.15) is 0 Å². The number of nitrogens with one attached hydrogen (secondary N) is 1. The van der Waals surface area contributed by atoms with Crippen molar-refractivity contribution < 1.29 is 4.79 Å². The molecule has 98 valence electrons. The maximum Gasteiger partial charge on any atom is 0.237 e. The number of nitrogens with zero attached hydrogens (tertiary/aromatic N) is 1. The third-order valence-electron chi connectivity index (χ3n) is 2.64. The third kappa shape index (κ3) is 4.15. The van der Waals surface area contributed by atoms with Gasteiger partial charge in [0.15, 0.2) is 0 Å². The predicted molar refractivity (Wildman–Crippen MR) is 75.2 cm³/mol. The zero-order chi connectivity index (χ0) is 13.5. The molecule has 1 aromatic heterocycles. The summed E-state index contributed by atoms with van der Waals surface area (Å²) in [7, 11) is 3.97. The van der Waals surface area contributed by atoms with Crippen molar-refractivity contribution in [2.75, 3.05) is 20.6 Å². The molecule has 0 aliphatic carbocycles. The fourth-order valence-corrected chi connectivity index (χ4v) is 2.49. The predicted octanol–water partition coefficient (Wildman–Crippen LogP) is 0.818. The molecule has 0 bridgehead atoms. The number of rotatable bonds is 6. The smallest absolute Gasteiger partial charge is 0.237 e. The Morgan fingerprint density at radius 2 is 2.39 bits per heavy atom. The van der Waals surface area contributed by atoms with Crippen LogP contribution in [0.5, 0.6) is 0 Å². The number of carbonyl (C=O) groups excluding carboxylic acids is 1. The number of nitrogens with two attached hydrogens (primary N) is 1. The Balaban J connectivity index is 2.54. The van der Waals surface area contributed by atoms with E-state index in [1.165, 1.54) is 4.88 Å². The second kappa shape index (κ2) is 7.17. The van der Waals surface area contributed by atoms with Crippen LogP contribution in [0.25, 0.3) is 0 Å². The molecule has 1 aromatic rings. The minimum atomic E-state index is -0.624. The molecule has 0 saturated heterocycles. The highest BCUT2D eigenvalue weighted by Gasteiger charge is 2.18. The molecule has 4 nitrogen and oxygen atoms in total. The summed E-state index contributed by atoms with van der Waals surface area (Å²) >= 11 is 1.67. The molecule has 2 unspecified atom stereocenters. The topological polar surface area (TPSA) is 58.4 Å². The summed E-state index contributed by atoms with van der Waals surface area (Å²) in [6.07, 6.45) is 5.39. The van der Waals surface area contributed by atoms with Crippen molar-refractivity contribution in [3.05, 3.63) is 22.4 Å². The Kier molecular flexibility index (Phi) is 5.86. The van der Waals surface area contributed by atoms with Crippen LogP contribution >= 0.6 is 11.3 Å². The summed E-state index contributed by atoms with van der Waals surface area (Å²) in [4.78, 5) is 15.0. The van der Waals surface area contributed by atoms with Gasteiger partial charge in [-0.1, -0.05) is 6.07 Å². The standard InChI is InChI=1S/C13H19N3OS/c1-4-6-10(14)13(17)15-9-11(16(2)3)12-7-5-8-18-12/h1,5,7-8,10-11H,6,9,14H2,2-3H3,(H,15,17). The van der Waals surface area contributed by atoms with Gasteiger partial charge in [-0.05, 0) is 25.5 Å². The highest BCUT2D eigenvalue weighted by atomic mass is 32.1. The Bertz CT molecular complexity index is 408. The molecule has 0 aliphatic heterocycles. The summed E-state index contributed by atoms with van der Waals surface area (Å²) < 4.78 is 0. The van der Waals surface area contributed by atoms with Crippen LogP contribution in [0.15, 0.2) is 17.5 Å². The van der Waals surface area contributed by atoms with E-state index < -0.39 is 6.04 Å². The van der Waals surface area contributed by atoms with E-state index in [4.69, 9.17) is 12.2 Å². The van der Waals surface area contributed by atoms with Crippen LogP contribution in [-0.2, 0) is 4.79 Å². The molecule has 1 heterocycles. The molecule has 0 saturated carbocycles. The van der Waals surface area contributed by atoms with Gasteiger partial charge >= 0.3 is 0 Å². The molecule has 0 aromatic carbocycles. The van der Waals surface area contributed by atoms with E-state index in [1.54, 1.807) is 11.3 Å². The summed E-state index contributed by atoms with van der Waals surface area (Å²) in [5, 5.41) is 4.87. The molecule has 0 spiro atoms. The number of hydrogen-bond donors (Lipinski definition) is 2. The Labute approximate surface area is 112 Å². The molecule has 0 radical (unpaired) electrons. The number of hydrogen-bond acceptors (Lipinski definition) is 4. The lowest BCUT2D eigenvalue weighted by Crippen LogP contribution is -2.43. The van der Waals surface area contributed by atoms with Gasteiger partial charge in [-0.15, -0.1) is 23.7 Å². The van der Waals surface area contributed by atoms with E-state index in [0.29, 0.717) is 6.54 Å². The average Bonchev–Trinajstić information content (AvgIpc) is 2.82. The molecular weight excluding hydrogens is 246 g/mol. The first-order valence-electron chi connectivity index (χ1n) is 5.72. The number of thiophene rings is 1. The van der Waals surface area contributed by atoms with E-state index >= 15 is 0 Å². The molecule has 2 atom stereocenters. The number of amides is 1. The normalized spacial score (nSPS) is 13.9. The van der Waals surface area contributed by atoms with Gasteiger partial charge in [0, 0.05) is 17.8 Å². The van der Waals surface area contributed by atoms with Gasteiger partial charge in [0.2, 0.25) is 5.91 Å². The number of carbonyl (C=O) groups is 1. The maximum atomic E-state index is 11.7. The molecule has 1 amide bonds. The molecule has 0 fully saturated rings. The monoisotopic (exact) mass is 265 g/mol. The van der Waals surface area contributed by atoms with Crippen LogP contribution in [0.1, 0.15) is 17.3 Å². The Morgan fingerprint density at radius 3 is 2.89 bits per heavy atom. The Hall–Kier alpha value is -1.35. The van der Waals surface area contributed by atoms with Gasteiger partial charge in [-0.2, -0.15) is 0 Å². The third-order valence-corrected chi connectivity index (χ3v) is 3.61. The molecule has 3 N–H and O–H groups in total. The van der Waals surface area contributed by atoms with E-state index in [0.717, 1.165) is 0 Å². The van der Waals surface area contributed by atoms with Crippen LogP contribution in [0, 0.1) is 12.3 Å². The highest BCUT2D eigenvalue weighted by Crippen LogP contribution is 2.22. The van der Waals surface area contributed by atoms with E-state index in [9.17, 15) is 4.79 Å². The van der Waals surface area contributed by atoms with Crippen LogP contribution in [0.2, 0.25) is 0 Å². The van der Waals surface area contributed by atoms with Crippen LogP contribution < -0.4 is 11.1 Å². The van der Waals surface area contributed by atoms with Crippen LogP contribution in [0.4, 0.5) is 0 Å². The first-order valence-corrected chi connectivity index (χ1v) is 6.60. The lowest BCUT2D eigenvalue weighted by Gasteiger charge is -2.24. The van der Waals surface area contributed by atoms with Crippen molar-refractivity contribution in [2.45, 2.75) is 18.5 Å². The molecule has 0 aliphatic rings. The summed E-state index contributed by atoms with van der Waals surface area (Å²) in [6, 6.07) is 3.60. The fourth-order valence-electron chi connectivity index (χ4n) is 1.57. The van der Waals surface area contributed by atoms with Gasteiger partial charge < -0.3 is 16.0 Å². The summed E-state index contributed by atoms with van der Waals surface area (Å²) in [5.41, 5.74) is 5.64. The number of likely N-dealkylation sites (N-methyl/N-ethyl adjacent to an activating group) is 1. The zero-order valence-electron chi connectivity index (χ0n) is 10.7. The second-order valence-corrected chi connectivity index (χ2v) is 5.23. The average molecular weight is 265 g/mol. The Morgan fingerprint density at radius 1 is 1.67 bits per heavy atom. The SMILES string of the molecule is C#CCC(N)C(=O)NCC(c1cccs1)N(C)C. The van der Waals surface area contributed by atoms with E-state index in [-0.39, 0.29) is 18.4 Å². The van der Waals surface area contributed by atoms with Crippen LogP contribution in [-0.4, -0.2) is 37.5 Å². The van der Waals surface area contributed by atoms with Crippen molar-refractivity contribution in [3.63, 3.8) is 0 Å². The maximum absolute atomic E-state index is 11.7. The molecule has 18 heavy (non-hydrogen) atoms. The van der Waals surface area contributed by atoms with Crippen molar-refractivity contribution in [1.82, 2.24) is 10.2 Å². The van der Waals surface area contributed by atoms with Crippen molar-refractivity contribution in [2.24, 2.45) is 5.73 Å². The number of terminal acetylenes is 1. The first kappa shape index (κ1) is 14.7. The minimum absolute atomic E-state index is 0.159. The summed E-state index contributed by atoms with van der Waals surface area (Å²) in [5.74, 6) is 2.19. The largest absolute Gasteiger partial charge is 0.353 e. The minimum Gasteiger partial charge on any atom is -0.353 e. The second-order valence-electron chi connectivity index (χ2n) is 4.25. The van der Waals surface area contributed by atoms with Crippen molar-refractivity contribution in [1.29, 1.82) is 0 Å². The molecule has 1 rings (SSSR count). The quantitative estimate of drug-likeness (QED) is 0.749. The van der Waals surface area contributed by atoms with E-state index in [2.05, 4.69) is 22.2 Å². The van der Waals surface area contributed by atoms with Gasteiger partial charge in [-0.25, -0.2) is 0 Å². The van der Waals surface area contributed by atoms with Crippen molar-refractivity contribution in [3.8, 4) is 12.3 Å². The zero-order valence-corrected chi connectivity index (χ0v) is 11.5. The first-order chi connectivity index (χ1) is 8.56. The van der Waals surface area contributed by atoms with Gasteiger partial charge in [0.25, 0.3) is 0 Å². The van der Waals surface area contributed by atoms with Gasteiger partial charge in [0.05, 0.1) is 12.1 Å². The fraction of sp³-hybridized carbons (Fsp3) is 0.462. The summed E-state index contributed by atoms with van der Waals surface area (Å²) in [6.45, 7) is 0.532.